The third kappa shape index (κ3) is 9.27. The fourth-order valence-electron chi connectivity index (χ4n) is 1.29. The second kappa shape index (κ2) is 12.1. The first-order chi connectivity index (χ1) is 9.52. The molecule has 20 heavy (non-hydrogen) atoms. The van der Waals surface area contributed by atoms with Crippen LogP contribution >= 0.6 is 18.6 Å². The zero-order chi connectivity index (χ0) is 15.4. The number of benzene rings is 2. The van der Waals surface area contributed by atoms with Gasteiger partial charge >= 0.3 is 35.6 Å². The summed E-state index contributed by atoms with van der Waals surface area (Å²) in [5, 5.41) is 8.92. The van der Waals surface area contributed by atoms with Crippen LogP contribution in [0.1, 0.15) is 5.56 Å². The fraction of sp³-hybridized carbons (Fsp3) is 0.200. The molecule has 0 bridgehead atoms. The molecule has 0 aliphatic heterocycles. The van der Waals surface area contributed by atoms with Crippen LogP contribution in [0.5, 0.6) is 5.75 Å². The summed E-state index contributed by atoms with van der Waals surface area (Å²) in [4.78, 5) is 2.08. The van der Waals surface area contributed by atoms with E-state index >= 15 is 0 Å². The standard InChI is InChI=1S/C8H11N.C7H8O.2ClH.Ti/c1-9(2)8-6-4-3-5-7-8;1-6-4-2-3-5-7(6)8;;;/h3-7H,1-2H3;2-5,8H,1H3;2*1H;/q;;;;+2/p-2. The van der Waals surface area contributed by atoms with Crippen LogP contribution in [-0.2, 0) is 17.0 Å². The van der Waals surface area contributed by atoms with E-state index in [2.05, 4.69) is 17.0 Å². The first-order valence-electron chi connectivity index (χ1n) is 5.96. The Morgan fingerprint density at radius 2 is 1.35 bits per heavy atom. The molecule has 2 rings (SSSR count). The van der Waals surface area contributed by atoms with E-state index < -0.39 is 17.0 Å². The van der Waals surface area contributed by atoms with Crippen molar-refractivity contribution in [1.29, 1.82) is 0 Å². The molecule has 0 fully saturated rings. The SMILES string of the molecule is CN(C)c1ccccc1.Cc1ccccc1O.[Cl][Ti][Cl]. The van der Waals surface area contributed by atoms with Crippen molar-refractivity contribution in [2.24, 2.45) is 0 Å². The monoisotopic (exact) mass is 347 g/mol. The number of nitrogens with zero attached hydrogens (tertiary/aromatic N) is 1. The molecule has 2 nitrogen and oxygen atoms in total. The van der Waals surface area contributed by atoms with E-state index in [1.807, 2.05) is 57.4 Å². The number of phenols is 1. The zero-order valence-corrected chi connectivity index (χ0v) is 14.9. The molecule has 0 radical (unpaired) electrons. The van der Waals surface area contributed by atoms with Crippen molar-refractivity contribution >= 4 is 24.3 Å². The first-order valence-corrected chi connectivity index (χ1v) is 10.3. The maximum absolute atomic E-state index is 8.92. The molecule has 2 aromatic carbocycles. The summed E-state index contributed by atoms with van der Waals surface area (Å²) in [6.45, 7) is 1.87. The third-order valence-corrected chi connectivity index (χ3v) is 2.39. The van der Waals surface area contributed by atoms with Crippen molar-refractivity contribution in [2.75, 3.05) is 19.0 Å². The number of para-hydroxylation sites is 2. The van der Waals surface area contributed by atoms with E-state index in [0.717, 1.165) is 5.56 Å². The topological polar surface area (TPSA) is 23.5 Å². The van der Waals surface area contributed by atoms with Crippen LogP contribution in [0.15, 0.2) is 54.6 Å². The number of phenolic OH excluding ortho intramolecular Hbond substituents is 1. The number of aromatic hydroxyl groups is 1. The zero-order valence-electron chi connectivity index (χ0n) is 11.8. The number of hydrogen-bond donors (Lipinski definition) is 1. The summed E-state index contributed by atoms with van der Waals surface area (Å²) in [5.41, 5.74) is 2.17. The van der Waals surface area contributed by atoms with Crippen LogP contribution in [0.3, 0.4) is 0 Å². The second-order valence-electron chi connectivity index (χ2n) is 4.09. The fourth-order valence-corrected chi connectivity index (χ4v) is 1.29. The van der Waals surface area contributed by atoms with Gasteiger partial charge in [0.2, 0.25) is 0 Å². The van der Waals surface area contributed by atoms with Gasteiger partial charge < -0.3 is 10.0 Å². The summed E-state index contributed by atoms with van der Waals surface area (Å²) in [6.07, 6.45) is 0. The molecule has 0 atom stereocenters. The molecule has 0 aliphatic rings. The number of halogens is 2. The van der Waals surface area contributed by atoms with Crippen LogP contribution in [-0.4, -0.2) is 19.2 Å². The predicted octanol–water partition coefficient (Wildman–Crippen LogP) is 4.83. The first kappa shape index (κ1) is 19.3. The molecule has 0 saturated heterocycles. The molecular weight excluding hydrogens is 329 g/mol. The number of aryl methyl sites for hydroxylation is 1. The Hall–Kier alpha value is -0.666. The van der Waals surface area contributed by atoms with E-state index in [4.69, 9.17) is 23.7 Å². The van der Waals surface area contributed by atoms with Crippen molar-refractivity contribution in [3.05, 3.63) is 60.2 Å². The van der Waals surface area contributed by atoms with E-state index in [1.165, 1.54) is 5.69 Å². The molecule has 0 aliphatic carbocycles. The van der Waals surface area contributed by atoms with E-state index in [-0.39, 0.29) is 0 Å². The van der Waals surface area contributed by atoms with Gasteiger partial charge in [-0.2, -0.15) is 0 Å². The summed E-state index contributed by atoms with van der Waals surface area (Å²) >= 11 is -0.556. The molecule has 0 amide bonds. The number of anilines is 1. The summed E-state index contributed by atoms with van der Waals surface area (Å²) in [7, 11) is 13.9. The van der Waals surface area contributed by atoms with Crippen molar-refractivity contribution < 1.29 is 22.1 Å². The number of hydrogen-bond acceptors (Lipinski definition) is 2. The van der Waals surface area contributed by atoms with Gasteiger partial charge in [0.15, 0.2) is 0 Å². The van der Waals surface area contributed by atoms with Gasteiger partial charge in [-0.25, -0.2) is 0 Å². The van der Waals surface area contributed by atoms with E-state index in [9.17, 15) is 0 Å². The van der Waals surface area contributed by atoms with Gasteiger partial charge in [0.05, 0.1) is 0 Å². The Kier molecular flexibility index (Phi) is 11.7. The molecular formula is C15H19Cl2NOTi. The van der Waals surface area contributed by atoms with Crippen molar-refractivity contribution in [3.8, 4) is 5.75 Å². The molecule has 1 N–H and O–H groups in total. The average molecular weight is 348 g/mol. The van der Waals surface area contributed by atoms with Crippen LogP contribution in [0, 0.1) is 6.92 Å². The second-order valence-corrected chi connectivity index (χ2v) is 6.67. The Morgan fingerprint density at radius 1 is 0.900 bits per heavy atom. The molecule has 0 aromatic heterocycles. The molecule has 5 heteroatoms. The molecule has 2 aromatic rings. The Labute approximate surface area is 138 Å². The van der Waals surface area contributed by atoms with Gasteiger partial charge in [0, 0.05) is 19.8 Å². The minimum atomic E-state index is -0.556. The van der Waals surface area contributed by atoms with Gasteiger partial charge in [-0.05, 0) is 30.7 Å². The van der Waals surface area contributed by atoms with Gasteiger partial charge in [-0.15, -0.1) is 0 Å². The Bertz CT molecular complexity index is 445. The average Bonchev–Trinajstić information content (AvgIpc) is 2.45. The summed E-state index contributed by atoms with van der Waals surface area (Å²) in [5.74, 6) is 0.368. The van der Waals surface area contributed by atoms with Crippen LogP contribution in [0.2, 0.25) is 0 Å². The van der Waals surface area contributed by atoms with Crippen LogP contribution in [0.25, 0.3) is 0 Å². The minimum absolute atomic E-state index is 0.368. The van der Waals surface area contributed by atoms with E-state index in [1.54, 1.807) is 6.07 Å². The number of rotatable bonds is 1. The van der Waals surface area contributed by atoms with Gasteiger partial charge in [0.1, 0.15) is 5.75 Å². The van der Waals surface area contributed by atoms with Crippen molar-refractivity contribution in [2.45, 2.75) is 6.92 Å². The predicted molar refractivity (Wildman–Crippen MR) is 85.3 cm³/mol. The van der Waals surface area contributed by atoms with Crippen molar-refractivity contribution in [1.82, 2.24) is 0 Å². The van der Waals surface area contributed by atoms with Crippen LogP contribution in [0.4, 0.5) is 5.69 Å². The molecule has 108 valence electrons. The van der Waals surface area contributed by atoms with E-state index in [0.29, 0.717) is 5.75 Å². The molecule has 0 heterocycles. The maximum atomic E-state index is 8.92. The van der Waals surface area contributed by atoms with Gasteiger partial charge in [-0.3, -0.25) is 0 Å². The van der Waals surface area contributed by atoms with Crippen molar-refractivity contribution in [3.63, 3.8) is 0 Å². The normalized spacial score (nSPS) is 8.45. The quantitative estimate of drug-likeness (QED) is 0.747. The van der Waals surface area contributed by atoms with Gasteiger partial charge in [-0.1, -0.05) is 36.4 Å². The Morgan fingerprint density at radius 3 is 1.65 bits per heavy atom. The van der Waals surface area contributed by atoms with Gasteiger partial charge in [0.25, 0.3) is 0 Å². The summed E-state index contributed by atoms with van der Waals surface area (Å²) in [6, 6.07) is 17.5. The molecule has 0 spiro atoms. The molecule has 0 unspecified atom stereocenters. The van der Waals surface area contributed by atoms with Crippen LogP contribution < -0.4 is 4.90 Å². The molecule has 0 saturated carbocycles. The third-order valence-electron chi connectivity index (χ3n) is 2.39. The summed E-state index contributed by atoms with van der Waals surface area (Å²) < 4.78 is 0. The Balaban J connectivity index is 0.000000304.